The second-order valence-electron chi connectivity index (χ2n) is 4.15. The summed E-state index contributed by atoms with van der Waals surface area (Å²) >= 11 is 0. The van der Waals surface area contributed by atoms with Gasteiger partial charge in [-0.15, -0.1) is 0 Å². The summed E-state index contributed by atoms with van der Waals surface area (Å²) in [4.78, 5) is 14.4. The first kappa shape index (κ1) is 15.4. The van der Waals surface area contributed by atoms with Gasteiger partial charge in [-0.1, -0.05) is 0 Å². The van der Waals surface area contributed by atoms with Gasteiger partial charge in [0.25, 0.3) is 12.1 Å². The molecule has 0 amide bonds. The normalized spacial score (nSPS) is 12.7. The molecular formula is C11H15F2N3O3. The maximum atomic E-state index is 12.1. The van der Waals surface area contributed by atoms with Crippen LogP contribution in [0.15, 0.2) is 6.20 Å². The van der Waals surface area contributed by atoms with E-state index in [1.165, 1.54) is 6.20 Å². The Morgan fingerprint density at radius 1 is 1.53 bits per heavy atom. The second-order valence-corrected chi connectivity index (χ2v) is 4.15. The summed E-state index contributed by atoms with van der Waals surface area (Å²) in [5.41, 5.74) is 1.21. The topological polar surface area (TPSA) is 88.3 Å². The molecule has 8 heteroatoms. The summed E-state index contributed by atoms with van der Waals surface area (Å²) in [6, 6.07) is 0. The predicted molar refractivity (Wildman–Crippen MR) is 64.1 cm³/mol. The van der Waals surface area contributed by atoms with Crippen LogP contribution < -0.4 is 5.32 Å². The Balaban J connectivity index is 2.75. The molecule has 0 aliphatic carbocycles. The number of alkyl halides is 2. The molecular weight excluding hydrogens is 260 g/mol. The number of rotatable bonds is 6. The van der Waals surface area contributed by atoms with Crippen LogP contribution in [0.25, 0.3) is 0 Å². The van der Waals surface area contributed by atoms with Crippen LogP contribution in [0.5, 0.6) is 0 Å². The van der Waals surface area contributed by atoms with Crippen molar-refractivity contribution < 1.29 is 18.8 Å². The zero-order chi connectivity index (χ0) is 14.6. The molecule has 0 fully saturated rings. The SMILES string of the molecule is Cc1cnc(CNCC(O)C(F)F)c(C)c1[N+](=O)[O-]. The fourth-order valence-electron chi connectivity index (χ4n) is 1.65. The Labute approximate surface area is 108 Å². The van der Waals surface area contributed by atoms with Gasteiger partial charge >= 0.3 is 0 Å². The third-order valence-corrected chi connectivity index (χ3v) is 2.69. The number of halogens is 2. The molecule has 1 aromatic heterocycles. The number of aryl methyl sites for hydroxylation is 1. The molecule has 0 saturated carbocycles. The molecule has 0 spiro atoms. The van der Waals surface area contributed by atoms with Crippen LogP contribution in [0.3, 0.4) is 0 Å². The minimum Gasteiger partial charge on any atom is -0.386 e. The van der Waals surface area contributed by atoms with Gasteiger partial charge in [0.15, 0.2) is 0 Å². The first-order chi connectivity index (χ1) is 8.84. The first-order valence-electron chi connectivity index (χ1n) is 5.61. The summed E-state index contributed by atoms with van der Waals surface area (Å²) < 4.78 is 24.1. The van der Waals surface area contributed by atoms with Crippen LogP contribution >= 0.6 is 0 Å². The van der Waals surface area contributed by atoms with Gasteiger partial charge in [-0.25, -0.2) is 8.78 Å². The van der Waals surface area contributed by atoms with Crippen molar-refractivity contribution in [1.29, 1.82) is 0 Å². The quantitative estimate of drug-likeness (QED) is 0.604. The summed E-state index contributed by atoms with van der Waals surface area (Å²) in [6.45, 7) is 2.91. The largest absolute Gasteiger partial charge is 0.386 e. The molecule has 1 aromatic rings. The molecule has 0 aromatic carbocycles. The third kappa shape index (κ3) is 3.90. The van der Waals surface area contributed by atoms with E-state index >= 15 is 0 Å². The molecule has 0 aliphatic rings. The highest BCUT2D eigenvalue weighted by Crippen LogP contribution is 2.23. The van der Waals surface area contributed by atoms with Crippen LogP contribution in [-0.2, 0) is 6.54 Å². The molecule has 1 unspecified atom stereocenters. The highest BCUT2D eigenvalue weighted by molar-refractivity contribution is 5.47. The van der Waals surface area contributed by atoms with Crippen LogP contribution in [0.4, 0.5) is 14.5 Å². The maximum absolute atomic E-state index is 12.1. The minimum absolute atomic E-state index is 0.0267. The average molecular weight is 275 g/mol. The van der Waals surface area contributed by atoms with E-state index in [1.807, 2.05) is 0 Å². The van der Waals surface area contributed by atoms with Crippen molar-refractivity contribution in [3.8, 4) is 0 Å². The molecule has 1 rings (SSSR count). The van der Waals surface area contributed by atoms with E-state index in [-0.39, 0.29) is 18.8 Å². The number of hydrogen-bond donors (Lipinski definition) is 2. The van der Waals surface area contributed by atoms with Gasteiger partial charge in [0.2, 0.25) is 0 Å². The lowest BCUT2D eigenvalue weighted by Gasteiger charge is -2.12. The Morgan fingerprint density at radius 3 is 2.68 bits per heavy atom. The zero-order valence-corrected chi connectivity index (χ0v) is 10.6. The van der Waals surface area contributed by atoms with E-state index in [4.69, 9.17) is 5.11 Å². The number of pyridine rings is 1. The number of nitro groups is 1. The van der Waals surface area contributed by atoms with Gasteiger partial charge in [0, 0.05) is 30.4 Å². The van der Waals surface area contributed by atoms with Gasteiger partial charge in [-0.05, 0) is 13.8 Å². The van der Waals surface area contributed by atoms with Gasteiger partial charge in [0.05, 0.1) is 10.6 Å². The number of nitrogens with zero attached hydrogens (tertiary/aromatic N) is 2. The van der Waals surface area contributed by atoms with Crippen molar-refractivity contribution in [3.05, 3.63) is 33.1 Å². The monoisotopic (exact) mass is 275 g/mol. The highest BCUT2D eigenvalue weighted by atomic mass is 19.3. The van der Waals surface area contributed by atoms with Crippen molar-refractivity contribution in [2.24, 2.45) is 0 Å². The van der Waals surface area contributed by atoms with Crippen molar-refractivity contribution in [1.82, 2.24) is 10.3 Å². The Hall–Kier alpha value is -1.67. The second kappa shape index (κ2) is 6.48. The number of hydrogen-bond acceptors (Lipinski definition) is 5. The van der Waals surface area contributed by atoms with Gasteiger partial charge < -0.3 is 10.4 Å². The van der Waals surface area contributed by atoms with Crippen molar-refractivity contribution in [3.63, 3.8) is 0 Å². The Kier molecular flexibility index (Phi) is 5.25. The van der Waals surface area contributed by atoms with Crippen LogP contribution in [0.1, 0.15) is 16.8 Å². The van der Waals surface area contributed by atoms with Crippen LogP contribution in [0.2, 0.25) is 0 Å². The van der Waals surface area contributed by atoms with Crippen molar-refractivity contribution in [2.45, 2.75) is 32.9 Å². The first-order valence-corrected chi connectivity index (χ1v) is 5.61. The molecule has 1 atom stereocenters. The molecule has 0 aliphatic heterocycles. The average Bonchev–Trinajstić information content (AvgIpc) is 2.31. The van der Waals surface area contributed by atoms with Gasteiger partial charge in [-0.3, -0.25) is 15.1 Å². The zero-order valence-electron chi connectivity index (χ0n) is 10.6. The molecule has 0 radical (unpaired) electrons. The van der Waals surface area contributed by atoms with E-state index in [1.54, 1.807) is 13.8 Å². The van der Waals surface area contributed by atoms with Crippen LogP contribution in [-0.4, -0.2) is 34.1 Å². The highest BCUT2D eigenvalue weighted by Gasteiger charge is 2.19. The van der Waals surface area contributed by atoms with Crippen LogP contribution in [0, 0.1) is 24.0 Å². The molecule has 19 heavy (non-hydrogen) atoms. The standard InChI is InChI=1S/C11H15F2N3O3/c1-6-3-15-8(7(2)10(6)16(18)19)4-14-5-9(17)11(12)13/h3,9,11,14,17H,4-5H2,1-2H3. The summed E-state index contributed by atoms with van der Waals surface area (Å²) in [5.74, 6) is 0. The van der Waals surface area contributed by atoms with Crippen molar-refractivity contribution in [2.75, 3.05) is 6.54 Å². The Morgan fingerprint density at radius 2 is 2.16 bits per heavy atom. The number of nitrogens with one attached hydrogen (secondary N) is 1. The third-order valence-electron chi connectivity index (χ3n) is 2.69. The number of aliphatic hydroxyl groups is 1. The maximum Gasteiger partial charge on any atom is 0.278 e. The molecule has 1 heterocycles. The summed E-state index contributed by atoms with van der Waals surface area (Å²) in [5, 5.41) is 22.4. The fourth-order valence-corrected chi connectivity index (χ4v) is 1.65. The molecule has 6 nitrogen and oxygen atoms in total. The molecule has 0 saturated heterocycles. The van der Waals surface area contributed by atoms with Gasteiger partial charge in [0.1, 0.15) is 6.10 Å². The minimum atomic E-state index is -2.83. The van der Waals surface area contributed by atoms with E-state index < -0.39 is 17.5 Å². The predicted octanol–water partition coefficient (Wildman–Crippen LogP) is 1.32. The lowest BCUT2D eigenvalue weighted by molar-refractivity contribution is -0.386. The number of aliphatic hydroxyl groups excluding tert-OH is 1. The molecule has 2 N–H and O–H groups in total. The smallest absolute Gasteiger partial charge is 0.278 e. The fraction of sp³-hybridized carbons (Fsp3) is 0.545. The summed E-state index contributed by atoms with van der Waals surface area (Å²) in [7, 11) is 0. The lowest BCUT2D eigenvalue weighted by atomic mass is 10.1. The lowest BCUT2D eigenvalue weighted by Crippen LogP contribution is -2.32. The Bertz CT molecular complexity index is 469. The molecule has 0 bridgehead atoms. The number of aromatic nitrogens is 1. The van der Waals surface area contributed by atoms with E-state index in [9.17, 15) is 18.9 Å². The van der Waals surface area contributed by atoms with E-state index in [0.717, 1.165) is 0 Å². The summed E-state index contributed by atoms with van der Waals surface area (Å²) in [6.07, 6.45) is -3.22. The van der Waals surface area contributed by atoms with E-state index in [0.29, 0.717) is 16.8 Å². The van der Waals surface area contributed by atoms with E-state index in [2.05, 4.69) is 10.3 Å². The van der Waals surface area contributed by atoms with Crippen molar-refractivity contribution >= 4 is 5.69 Å². The molecule has 106 valence electrons. The van der Waals surface area contributed by atoms with Gasteiger partial charge in [-0.2, -0.15) is 0 Å².